The molecule has 2 aromatic rings. The second kappa shape index (κ2) is 3.65. The lowest BCUT2D eigenvalue weighted by Gasteiger charge is -2.05. The third-order valence-corrected chi connectivity index (χ3v) is 2.33. The fourth-order valence-corrected chi connectivity index (χ4v) is 1.53. The zero-order valence-corrected chi connectivity index (χ0v) is 8.64. The molecule has 0 radical (unpaired) electrons. The lowest BCUT2D eigenvalue weighted by molar-refractivity contribution is 0.112. The van der Waals surface area contributed by atoms with E-state index in [1.807, 2.05) is 25.1 Å². The van der Waals surface area contributed by atoms with Gasteiger partial charge in [0.2, 0.25) is 0 Å². The van der Waals surface area contributed by atoms with Crippen molar-refractivity contribution in [3.05, 3.63) is 35.5 Å². The van der Waals surface area contributed by atoms with Crippen LogP contribution in [-0.4, -0.2) is 21.3 Å². The molecule has 1 aromatic heterocycles. The number of carbonyl (C=O) groups is 1. The Balaban J connectivity index is 2.65. The van der Waals surface area contributed by atoms with Gasteiger partial charge in [0.15, 0.2) is 6.29 Å². The number of hydrogen-bond acceptors (Lipinski definition) is 3. The van der Waals surface area contributed by atoms with Crippen molar-refractivity contribution in [2.24, 2.45) is 7.05 Å². The summed E-state index contributed by atoms with van der Waals surface area (Å²) in [6.07, 6.45) is 2.50. The molecule has 76 valence electrons. The van der Waals surface area contributed by atoms with Crippen LogP contribution in [0.2, 0.25) is 0 Å². The number of carbonyl (C=O) groups excluding carboxylic acids is 1. The number of nitrogens with zero attached hydrogens (tertiary/aromatic N) is 3. The molecule has 0 spiro atoms. The predicted molar refractivity (Wildman–Crippen MR) is 56.6 cm³/mol. The molecule has 0 amide bonds. The molecule has 0 saturated heterocycles. The minimum Gasteiger partial charge on any atom is -0.298 e. The van der Waals surface area contributed by atoms with Crippen LogP contribution in [0.3, 0.4) is 0 Å². The first-order valence-electron chi connectivity index (χ1n) is 4.63. The number of aryl methyl sites for hydroxylation is 2. The van der Waals surface area contributed by atoms with Gasteiger partial charge in [0, 0.05) is 18.2 Å². The van der Waals surface area contributed by atoms with Crippen LogP contribution >= 0.6 is 0 Å². The number of aldehydes is 1. The largest absolute Gasteiger partial charge is 0.298 e. The molecule has 4 heteroatoms. The molecule has 1 aromatic carbocycles. The molecular formula is C11H11N3O. The van der Waals surface area contributed by atoms with Crippen LogP contribution in [0, 0.1) is 6.92 Å². The second-order valence-electron chi connectivity index (χ2n) is 3.45. The van der Waals surface area contributed by atoms with E-state index in [1.54, 1.807) is 17.9 Å². The Hall–Kier alpha value is -1.97. The van der Waals surface area contributed by atoms with Gasteiger partial charge >= 0.3 is 0 Å². The van der Waals surface area contributed by atoms with Crippen LogP contribution in [0.4, 0.5) is 0 Å². The van der Waals surface area contributed by atoms with Crippen molar-refractivity contribution in [1.29, 1.82) is 0 Å². The standard InChI is InChI=1S/C11H11N3O/c1-8-3-4-9(7-15)10(5-8)11-6-12-13-14(11)2/h3-7H,1-2H3. The van der Waals surface area contributed by atoms with E-state index in [4.69, 9.17) is 0 Å². The lowest BCUT2D eigenvalue weighted by atomic mass is 10.0. The van der Waals surface area contributed by atoms with Crippen molar-refractivity contribution in [1.82, 2.24) is 15.0 Å². The Bertz CT molecular complexity index is 502. The van der Waals surface area contributed by atoms with Crippen molar-refractivity contribution in [3.8, 4) is 11.3 Å². The maximum Gasteiger partial charge on any atom is 0.150 e. The highest BCUT2D eigenvalue weighted by atomic mass is 16.1. The highest BCUT2D eigenvalue weighted by Gasteiger charge is 2.08. The average Bonchev–Trinajstić information content (AvgIpc) is 2.64. The van der Waals surface area contributed by atoms with Gasteiger partial charge in [-0.1, -0.05) is 22.9 Å². The van der Waals surface area contributed by atoms with E-state index in [0.29, 0.717) is 5.56 Å². The molecule has 0 unspecified atom stereocenters. The van der Waals surface area contributed by atoms with E-state index in [0.717, 1.165) is 23.1 Å². The number of benzene rings is 1. The minimum atomic E-state index is 0.658. The number of aromatic nitrogens is 3. The monoisotopic (exact) mass is 201 g/mol. The van der Waals surface area contributed by atoms with Gasteiger partial charge in [0.05, 0.1) is 11.9 Å². The van der Waals surface area contributed by atoms with Crippen LogP contribution < -0.4 is 0 Å². The summed E-state index contributed by atoms with van der Waals surface area (Å²) in [5, 5.41) is 7.65. The van der Waals surface area contributed by atoms with E-state index in [2.05, 4.69) is 10.3 Å². The van der Waals surface area contributed by atoms with E-state index in [1.165, 1.54) is 0 Å². The van der Waals surface area contributed by atoms with Crippen molar-refractivity contribution in [2.45, 2.75) is 6.92 Å². The third-order valence-electron chi connectivity index (χ3n) is 2.33. The minimum absolute atomic E-state index is 0.658. The van der Waals surface area contributed by atoms with Gasteiger partial charge in [-0.25, -0.2) is 4.68 Å². The van der Waals surface area contributed by atoms with Gasteiger partial charge in [0.25, 0.3) is 0 Å². The van der Waals surface area contributed by atoms with Crippen LogP contribution in [0.15, 0.2) is 24.4 Å². The molecule has 0 aliphatic carbocycles. The SMILES string of the molecule is Cc1ccc(C=O)c(-c2cnnn2C)c1. The smallest absolute Gasteiger partial charge is 0.150 e. The molecular weight excluding hydrogens is 190 g/mol. The average molecular weight is 201 g/mol. The summed E-state index contributed by atoms with van der Waals surface area (Å²) in [6.45, 7) is 1.99. The van der Waals surface area contributed by atoms with Crippen molar-refractivity contribution < 1.29 is 4.79 Å². The van der Waals surface area contributed by atoms with Crippen molar-refractivity contribution in [3.63, 3.8) is 0 Å². The summed E-state index contributed by atoms with van der Waals surface area (Å²) in [5.41, 5.74) is 3.49. The summed E-state index contributed by atoms with van der Waals surface area (Å²) in [4.78, 5) is 10.9. The second-order valence-corrected chi connectivity index (χ2v) is 3.45. The Morgan fingerprint density at radius 2 is 2.20 bits per heavy atom. The summed E-state index contributed by atoms with van der Waals surface area (Å²) in [6, 6.07) is 5.68. The molecule has 0 aliphatic heterocycles. The van der Waals surface area contributed by atoms with Crippen LogP contribution in [0.5, 0.6) is 0 Å². The Kier molecular flexibility index (Phi) is 2.33. The molecule has 0 fully saturated rings. The van der Waals surface area contributed by atoms with Gasteiger partial charge < -0.3 is 0 Å². The van der Waals surface area contributed by atoms with Gasteiger partial charge in [-0.05, 0) is 13.0 Å². The Morgan fingerprint density at radius 1 is 1.40 bits per heavy atom. The van der Waals surface area contributed by atoms with Crippen molar-refractivity contribution in [2.75, 3.05) is 0 Å². The highest BCUT2D eigenvalue weighted by Crippen LogP contribution is 2.22. The zero-order chi connectivity index (χ0) is 10.8. The van der Waals surface area contributed by atoms with E-state index < -0.39 is 0 Å². The maximum absolute atomic E-state index is 10.9. The van der Waals surface area contributed by atoms with E-state index >= 15 is 0 Å². The molecule has 0 aliphatic rings. The summed E-state index contributed by atoms with van der Waals surface area (Å²) >= 11 is 0. The lowest BCUT2D eigenvalue weighted by Crippen LogP contribution is -1.97. The van der Waals surface area contributed by atoms with Gasteiger partial charge in [-0.15, -0.1) is 5.10 Å². The molecule has 15 heavy (non-hydrogen) atoms. The fourth-order valence-electron chi connectivity index (χ4n) is 1.53. The molecule has 0 atom stereocenters. The highest BCUT2D eigenvalue weighted by molar-refractivity contribution is 5.86. The summed E-state index contributed by atoms with van der Waals surface area (Å²) in [5.74, 6) is 0. The van der Waals surface area contributed by atoms with Crippen LogP contribution in [0.25, 0.3) is 11.3 Å². The quantitative estimate of drug-likeness (QED) is 0.693. The van der Waals surface area contributed by atoms with Crippen LogP contribution in [-0.2, 0) is 7.05 Å². The number of rotatable bonds is 2. The van der Waals surface area contributed by atoms with Gasteiger partial charge in [-0.3, -0.25) is 4.79 Å². The molecule has 0 bridgehead atoms. The molecule has 1 heterocycles. The number of hydrogen-bond donors (Lipinski definition) is 0. The molecule has 4 nitrogen and oxygen atoms in total. The first-order valence-corrected chi connectivity index (χ1v) is 4.63. The summed E-state index contributed by atoms with van der Waals surface area (Å²) in [7, 11) is 1.80. The first-order chi connectivity index (χ1) is 7.22. The van der Waals surface area contributed by atoms with E-state index in [9.17, 15) is 4.79 Å². The van der Waals surface area contributed by atoms with Crippen LogP contribution in [0.1, 0.15) is 15.9 Å². The fraction of sp³-hybridized carbons (Fsp3) is 0.182. The topological polar surface area (TPSA) is 47.8 Å². The Morgan fingerprint density at radius 3 is 2.80 bits per heavy atom. The van der Waals surface area contributed by atoms with Crippen molar-refractivity contribution >= 4 is 6.29 Å². The summed E-state index contributed by atoms with van der Waals surface area (Å²) < 4.78 is 1.65. The predicted octanol–water partition coefficient (Wildman–Crippen LogP) is 1.60. The molecule has 2 rings (SSSR count). The first kappa shape index (κ1) is 9.58. The normalized spacial score (nSPS) is 10.3. The van der Waals surface area contributed by atoms with Gasteiger partial charge in [-0.2, -0.15) is 0 Å². The zero-order valence-electron chi connectivity index (χ0n) is 8.64. The maximum atomic E-state index is 10.9. The molecule has 0 saturated carbocycles. The van der Waals surface area contributed by atoms with Gasteiger partial charge in [0.1, 0.15) is 0 Å². The Labute approximate surface area is 87.5 Å². The molecule has 0 N–H and O–H groups in total. The van der Waals surface area contributed by atoms with E-state index in [-0.39, 0.29) is 0 Å². The third kappa shape index (κ3) is 1.66.